The third-order valence-corrected chi connectivity index (χ3v) is 21.1. The number of nitriles is 5. The Kier molecular flexibility index (Phi) is 64.8. The number of halogens is 9. The number of primary amides is 1. The van der Waals surface area contributed by atoms with E-state index in [-0.39, 0.29) is 118 Å². The molecule has 12 N–H and O–H groups in total. The molecule has 0 fully saturated rings. The molecule has 0 aliphatic rings. The van der Waals surface area contributed by atoms with Gasteiger partial charge < -0.3 is 64.1 Å². The average Bonchev–Trinajstić information content (AvgIpc) is 0.825. The normalized spacial score (nSPS) is 9.62. The third kappa shape index (κ3) is 51.0. The fraction of sp³-hybridized carbons (Fsp3) is 0.155. The van der Waals surface area contributed by atoms with Crippen molar-refractivity contribution in [2.24, 2.45) is 22.1 Å². The van der Waals surface area contributed by atoms with Gasteiger partial charge in [0, 0.05) is 60.3 Å². The second kappa shape index (κ2) is 72.7. The maximum atomic E-state index is 11.2. The minimum absolute atomic E-state index is 0. The van der Waals surface area contributed by atoms with Crippen LogP contribution in [-0.2, 0) is 52.5 Å². The molecular weight excluding hydrogens is 2530 g/mol. The van der Waals surface area contributed by atoms with Crippen LogP contribution in [0.25, 0.3) is 0 Å². The van der Waals surface area contributed by atoms with E-state index in [1.54, 1.807) is 40.8 Å². The zero-order valence-corrected chi connectivity index (χ0v) is 95.3. The van der Waals surface area contributed by atoms with E-state index in [0.29, 0.717) is 83.7 Å². The molecule has 9 aromatic carbocycles. The van der Waals surface area contributed by atoms with E-state index in [1.807, 2.05) is 263 Å². The third-order valence-electron chi connectivity index (χ3n) is 16.6. The molecule has 46 heteroatoms. The largest absolute Gasteiger partial charge is 1.00 e. The summed E-state index contributed by atoms with van der Waals surface area (Å²) in [4.78, 5) is 75.0. The number of carbonyl (C=O) groups excluding carboxylic acids is 3. The Bertz CT molecular complexity index is 6410. The van der Waals surface area contributed by atoms with Gasteiger partial charge in [0.25, 0.3) is 0 Å². The molecule has 14 aromatic rings. The summed E-state index contributed by atoms with van der Waals surface area (Å²) >= 11 is 27.5. The van der Waals surface area contributed by atoms with Crippen LogP contribution < -0.4 is 82.2 Å². The zero-order chi connectivity index (χ0) is 104. The van der Waals surface area contributed by atoms with Gasteiger partial charge in [-0.15, -0.1) is 12.4 Å². The van der Waals surface area contributed by atoms with Gasteiger partial charge in [-0.25, -0.2) is 39.7 Å². The first-order chi connectivity index (χ1) is 67.6. The van der Waals surface area contributed by atoms with Crippen LogP contribution in [0.2, 0.25) is 15.5 Å². The summed E-state index contributed by atoms with van der Waals surface area (Å²) < 4.78 is 42.8. The molecule has 14 rings (SSSR count). The van der Waals surface area contributed by atoms with Gasteiger partial charge in [-0.1, -0.05) is 170 Å². The van der Waals surface area contributed by atoms with Crippen LogP contribution in [0.15, 0.2) is 247 Å². The summed E-state index contributed by atoms with van der Waals surface area (Å²) in [7, 11) is 4.47. The molecule has 0 spiro atoms. The van der Waals surface area contributed by atoms with Gasteiger partial charge in [0.2, 0.25) is 23.5 Å². The molecule has 143 heavy (non-hydrogen) atoms. The number of nitrogen functional groups attached to an aromatic ring is 1. The summed E-state index contributed by atoms with van der Waals surface area (Å²) in [5, 5.41) is 74.9. The molecule has 0 unspecified atom stereocenters. The van der Waals surface area contributed by atoms with Crippen molar-refractivity contribution in [2.75, 3.05) is 34.0 Å². The van der Waals surface area contributed by atoms with Crippen LogP contribution in [0.4, 0.5) is 51.7 Å². The molecular formula is C97H92Cl4I5N23NaO11PS. The first-order valence-electron chi connectivity index (χ1n) is 40.8. The Balaban J connectivity index is 0.000000834. The molecule has 5 heterocycles. The second-order valence-corrected chi connectivity index (χ2v) is 35.8. The number of aliphatic hydroxyl groups excluding tert-OH is 1. The molecule has 736 valence electrons. The van der Waals surface area contributed by atoms with Crippen molar-refractivity contribution in [3.63, 3.8) is 0 Å². The number of nitrogens with zero attached hydrogens (tertiary/aromatic N) is 16. The summed E-state index contributed by atoms with van der Waals surface area (Å²) in [5.41, 5.74) is 24.8. The summed E-state index contributed by atoms with van der Waals surface area (Å²) in [6, 6.07) is 86.9. The van der Waals surface area contributed by atoms with Gasteiger partial charge >= 0.3 is 47.1 Å². The van der Waals surface area contributed by atoms with Crippen molar-refractivity contribution in [3.05, 3.63) is 355 Å². The Morgan fingerprint density at radius 3 is 0.944 bits per heavy atom. The first kappa shape index (κ1) is 128. The molecule has 34 nitrogen and oxygen atoms in total. The monoisotopic (exact) mass is 2620 g/mol. The van der Waals surface area contributed by atoms with Crippen molar-refractivity contribution in [1.29, 1.82) is 26.3 Å². The molecule has 0 saturated carbocycles. The van der Waals surface area contributed by atoms with Crippen LogP contribution >= 0.6 is 169 Å². The molecule has 0 aliphatic carbocycles. The average molecular weight is 2620 g/mol. The van der Waals surface area contributed by atoms with E-state index in [2.05, 4.69) is 221 Å². The Labute approximate surface area is 946 Å². The number of anilines is 9. The molecule has 0 saturated heterocycles. The van der Waals surface area contributed by atoms with Crippen molar-refractivity contribution in [3.8, 4) is 48.0 Å². The number of aryl methyl sites for hydroxylation is 4. The number of aromatic nitrogens is 10. The molecule has 5 aromatic heterocycles. The van der Waals surface area contributed by atoms with Crippen molar-refractivity contribution >= 4 is 251 Å². The van der Waals surface area contributed by atoms with E-state index in [0.717, 1.165) is 71.9 Å². The maximum Gasteiger partial charge on any atom is 1.00 e. The van der Waals surface area contributed by atoms with Gasteiger partial charge in [0.05, 0.1) is 12.6 Å². The minimum Gasteiger partial charge on any atom is -1.00 e. The SMILES string of the molecule is CC(=O)OO.CC(C)C[C@@H](N)C(N)=O.CN=P.Cc1nc(Cl)c(C#N)c(Cl)n1.Cc1nc(Cl)c(C#N)c(Nc2ccc(I)cc2)n1.Cc1nc(Nc2ccc(I)cc2)c(C#N)c(OCc2ccccc2)n1.Cc1nc(Nc2ccc(I)cc2)c(C#N)c(OCc2ccccc2)n1.Cl.N#Cc1c(Nc2ccc(I)cc2)nc(C=O)nc1OCc1ccccc1.Nc1ccc(I)cc1.O=S=O.OCc1ccccc1.[H-].[Na+]. The Morgan fingerprint density at radius 1 is 0.462 bits per heavy atom. The van der Waals surface area contributed by atoms with Gasteiger partial charge in [0.15, 0.2) is 67.5 Å². The number of hydrogen-bond acceptors (Lipinski definition) is 33. The fourth-order valence-electron chi connectivity index (χ4n) is 10.3. The van der Waals surface area contributed by atoms with Crippen LogP contribution in [0.3, 0.4) is 0 Å². The first-order valence-corrected chi connectivity index (χ1v) is 48.4. The quantitative estimate of drug-likeness (QED) is 0.00445. The van der Waals surface area contributed by atoms with Crippen molar-refractivity contribution < 1.29 is 83.2 Å². The number of aldehydes is 1. The number of aliphatic hydroxyl groups is 1. The molecule has 1 amide bonds. The number of carbonyl (C=O) groups is 3. The fourth-order valence-corrected chi connectivity index (χ4v) is 13.0. The topological polar surface area (TPSA) is 549 Å². The number of nitrogens with one attached hydrogen (secondary N) is 4. The second-order valence-electron chi connectivity index (χ2n) is 28.0. The number of amides is 1. The predicted octanol–water partition coefficient (Wildman–Crippen LogP) is 19.6. The number of hydrogen-bond donors (Lipinski definition) is 9. The summed E-state index contributed by atoms with van der Waals surface area (Å²) in [6.07, 6.45) is 1.20. The van der Waals surface area contributed by atoms with E-state index < -0.39 is 29.5 Å². The van der Waals surface area contributed by atoms with Crippen LogP contribution in [0.1, 0.15) is 113 Å². The van der Waals surface area contributed by atoms with Crippen LogP contribution in [-0.4, -0.2) is 99.9 Å². The van der Waals surface area contributed by atoms with E-state index in [4.69, 9.17) is 95.5 Å². The zero-order valence-electron chi connectivity index (χ0n) is 78.7. The smallest absolute Gasteiger partial charge is 1.00 e. The maximum absolute atomic E-state index is 11.2. The number of rotatable bonds is 22. The van der Waals surface area contributed by atoms with Crippen LogP contribution in [0.5, 0.6) is 17.6 Å². The van der Waals surface area contributed by atoms with Crippen molar-refractivity contribution in [2.45, 2.75) is 87.4 Å². The van der Waals surface area contributed by atoms with Gasteiger partial charge in [-0.2, -0.15) is 54.9 Å². The molecule has 0 aliphatic heterocycles. The van der Waals surface area contributed by atoms with Gasteiger partial charge in [-0.05, 0) is 306 Å². The van der Waals surface area contributed by atoms with E-state index in [9.17, 15) is 30.2 Å². The summed E-state index contributed by atoms with van der Waals surface area (Å²) in [5.74, 6) is 3.52. The van der Waals surface area contributed by atoms with E-state index >= 15 is 0 Å². The Morgan fingerprint density at radius 2 is 0.706 bits per heavy atom. The predicted molar refractivity (Wildman–Crippen MR) is 596 cm³/mol. The van der Waals surface area contributed by atoms with Crippen molar-refractivity contribution in [1.82, 2.24) is 49.8 Å². The standard InChI is InChI=1S/C19H13IN4O2.2C19H15IN4O.C12H8ClIN4.C7H8O.C6H3Cl2N3.C6H6IN.C6H14N2O.C2H4O3.CH4NP.ClH.Na.O2S.H/c20-14-6-8-15(9-7-14)22-18-16(10-21)19(24-17(11-25)23-18)26-12-13-4-2-1-3-5-13;2*1-13-22-18(24-16-9-7-15(20)8-10-16)17(11-21)19(23-13)25-12-14-5-3-2-4-6-14;1-7-16-11(13)10(6-15)12(17-7)18-9-4-2-8(14)3-5-9;8-6-7-4-2-1-3-5-7;1-3-10-5(7)4(2-9)6(8)11-3;7-5-1-3-6(8)4-2-5;1-4(2)3-5(7)6(8)9;1-2(3)5-4;1-2-3;;;1-3-2;/h1-9,11H,12H2,(H,22,23,24);2*2-10H,12H2,1H3,(H,22,23,24);2-5H,1H3,(H,16,17,18);1-5,8H,6H2;1H3;1-4H,8H2;4-5H,3,7H2,1-2H3,(H2,8,9);4H,1H3;3H,1H3;1H;;;/q;;;;;;;;;;;+1;;-1/t;;;;;;;5-;;;;;;/m.......1....../s1. The molecule has 1 atom stereocenters. The molecule has 0 bridgehead atoms. The Hall–Kier alpha value is -11.6. The summed E-state index contributed by atoms with van der Waals surface area (Å²) in [6.45, 7) is 13.1. The van der Waals surface area contributed by atoms with Gasteiger partial charge in [0.1, 0.15) is 84.6 Å². The van der Waals surface area contributed by atoms with Gasteiger partial charge in [-0.3, -0.25) is 14.3 Å². The number of nitrogens with two attached hydrogens (primary N) is 3. The number of ether oxygens (including phenoxy) is 3. The van der Waals surface area contributed by atoms with Crippen LogP contribution in [0, 0.1) is 108 Å². The van der Waals surface area contributed by atoms with E-state index in [1.165, 1.54) is 3.57 Å². The number of benzene rings is 9. The molecule has 0 radical (unpaired) electrons. The minimum atomic E-state index is -0.750.